The molecule has 1 aromatic carbocycles. The van der Waals surface area contributed by atoms with Crippen LogP contribution in [-0.4, -0.2) is 20.5 Å². The minimum atomic E-state index is -0.0657. The van der Waals surface area contributed by atoms with Gasteiger partial charge in [-0.15, -0.1) is 0 Å². The Bertz CT molecular complexity index is 582. The molecule has 0 radical (unpaired) electrons. The lowest BCUT2D eigenvalue weighted by Gasteiger charge is -2.05. The largest absolute Gasteiger partial charge is 0.294 e. The van der Waals surface area contributed by atoms with Crippen LogP contribution in [0.3, 0.4) is 0 Å². The van der Waals surface area contributed by atoms with Gasteiger partial charge in [0.05, 0.1) is 11.4 Å². The van der Waals surface area contributed by atoms with E-state index in [1.807, 2.05) is 6.92 Å². The fraction of sp³-hybridized carbons (Fsp3) is 0.250. The molecule has 2 aromatic rings. The number of benzene rings is 1. The second kappa shape index (κ2) is 5.63. The molecule has 0 aliphatic carbocycles. The molecule has 18 heavy (non-hydrogen) atoms. The minimum Gasteiger partial charge on any atom is -0.294 e. The van der Waals surface area contributed by atoms with Crippen molar-refractivity contribution in [2.24, 2.45) is 0 Å². The summed E-state index contributed by atoms with van der Waals surface area (Å²) in [6.07, 6.45) is 1.65. The Morgan fingerprint density at radius 1 is 1.50 bits per heavy atom. The van der Waals surface area contributed by atoms with E-state index in [0.717, 1.165) is 4.47 Å². The lowest BCUT2D eigenvalue weighted by atomic mass is 10.1. The van der Waals surface area contributed by atoms with E-state index >= 15 is 0 Å². The van der Waals surface area contributed by atoms with Crippen LogP contribution in [0.2, 0.25) is 5.02 Å². The topological polar surface area (TPSA) is 47.8 Å². The summed E-state index contributed by atoms with van der Waals surface area (Å²) < 4.78 is 2.52. The van der Waals surface area contributed by atoms with Crippen molar-refractivity contribution in [2.45, 2.75) is 19.9 Å². The highest BCUT2D eigenvalue weighted by atomic mass is 79.9. The second-order valence-electron chi connectivity index (χ2n) is 3.72. The molecule has 0 aliphatic rings. The monoisotopic (exact) mass is 327 g/mol. The number of carbonyl (C=O) groups excluding carboxylic acids is 1. The summed E-state index contributed by atoms with van der Waals surface area (Å²) in [6.45, 7) is 2.64. The van der Waals surface area contributed by atoms with E-state index in [1.54, 1.807) is 22.9 Å². The summed E-state index contributed by atoms with van der Waals surface area (Å²) in [6, 6.07) is 5.22. The Hall–Kier alpha value is -1.20. The molecule has 0 spiro atoms. The predicted molar refractivity (Wildman–Crippen MR) is 72.9 cm³/mol. The SMILES string of the molecule is CCn1ncnc1CC(=O)c1cc(Br)ccc1Cl. The van der Waals surface area contributed by atoms with Crippen LogP contribution in [0.25, 0.3) is 0 Å². The number of Topliss-reactive ketones (excluding diaryl/α,β-unsaturated/α-hetero) is 1. The molecule has 2 rings (SSSR count). The number of hydrogen-bond acceptors (Lipinski definition) is 3. The summed E-state index contributed by atoms with van der Waals surface area (Å²) in [5.41, 5.74) is 0.497. The zero-order chi connectivity index (χ0) is 13.1. The average molecular weight is 329 g/mol. The summed E-state index contributed by atoms with van der Waals surface area (Å²) in [7, 11) is 0. The molecule has 0 fully saturated rings. The Kier molecular flexibility index (Phi) is 4.14. The first-order chi connectivity index (χ1) is 8.61. The Morgan fingerprint density at radius 2 is 2.28 bits per heavy atom. The summed E-state index contributed by atoms with van der Waals surface area (Å²) >= 11 is 9.35. The van der Waals surface area contributed by atoms with Crippen molar-refractivity contribution in [3.8, 4) is 0 Å². The highest BCUT2D eigenvalue weighted by Gasteiger charge is 2.14. The predicted octanol–water partition coefficient (Wildman–Crippen LogP) is 3.14. The van der Waals surface area contributed by atoms with Gasteiger partial charge in [-0.1, -0.05) is 27.5 Å². The van der Waals surface area contributed by atoms with Crippen LogP contribution in [0, 0.1) is 0 Å². The molecular formula is C12H11BrClN3O. The summed E-state index contributed by atoms with van der Waals surface area (Å²) in [4.78, 5) is 16.2. The van der Waals surface area contributed by atoms with Crippen molar-refractivity contribution in [3.63, 3.8) is 0 Å². The van der Waals surface area contributed by atoms with Gasteiger partial charge in [0.25, 0.3) is 0 Å². The van der Waals surface area contributed by atoms with Gasteiger partial charge in [-0.3, -0.25) is 4.79 Å². The van der Waals surface area contributed by atoms with Crippen molar-refractivity contribution >= 4 is 33.3 Å². The number of halogens is 2. The zero-order valence-electron chi connectivity index (χ0n) is 9.73. The van der Waals surface area contributed by atoms with Gasteiger partial charge in [-0.2, -0.15) is 5.10 Å². The van der Waals surface area contributed by atoms with E-state index in [2.05, 4.69) is 26.0 Å². The molecule has 0 saturated carbocycles. The van der Waals surface area contributed by atoms with Crippen molar-refractivity contribution in [1.29, 1.82) is 0 Å². The standard InChI is InChI=1S/C12H11BrClN3O/c1-2-17-12(15-7-16-17)6-11(18)9-5-8(13)3-4-10(9)14/h3-5,7H,2,6H2,1H3. The van der Waals surface area contributed by atoms with Gasteiger partial charge >= 0.3 is 0 Å². The van der Waals surface area contributed by atoms with Gasteiger partial charge in [0.1, 0.15) is 12.2 Å². The van der Waals surface area contributed by atoms with Crippen LogP contribution < -0.4 is 0 Å². The maximum Gasteiger partial charge on any atom is 0.171 e. The number of rotatable bonds is 4. The normalized spacial score (nSPS) is 10.6. The zero-order valence-corrected chi connectivity index (χ0v) is 12.1. The third-order valence-electron chi connectivity index (χ3n) is 2.54. The van der Waals surface area contributed by atoms with Crippen LogP contribution in [0.1, 0.15) is 23.1 Å². The third kappa shape index (κ3) is 2.79. The Balaban J connectivity index is 2.25. The first kappa shape index (κ1) is 13.2. The molecule has 0 amide bonds. The van der Waals surface area contributed by atoms with E-state index in [0.29, 0.717) is 23.0 Å². The number of hydrogen-bond donors (Lipinski definition) is 0. The number of ketones is 1. The fourth-order valence-electron chi connectivity index (χ4n) is 1.64. The molecule has 0 atom stereocenters. The van der Waals surface area contributed by atoms with E-state index in [-0.39, 0.29) is 12.2 Å². The van der Waals surface area contributed by atoms with E-state index < -0.39 is 0 Å². The number of aromatic nitrogens is 3. The maximum atomic E-state index is 12.2. The van der Waals surface area contributed by atoms with Crippen molar-refractivity contribution in [2.75, 3.05) is 0 Å². The molecule has 1 aromatic heterocycles. The summed E-state index contributed by atoms with van der Waals surface area (Å²) in [5.74, 6) is 0.586. The lowest BCUT2D eigenvalue weighted by molar-refractivity contribution is 0.0989. The van der Waals surface area contributed by atoms with Gasteiger partial charge in [-0.05, 0) is 25.1 Å². The van der Waals surface area contributed by atoms with E-state index in [1.165, 1.54) is 6.33 Å². The molecule has 6 heteroatoms. The van der Waals surface area contributed by atoms with Crippen molar-refractivity contribution in [3.05, 3.63) is 45.4 Å². The lowest BCUT2D eigenvalue weighted by Crippen LogP contribution is -2.11. The van der Waals surface area contributed by atoms with Gasteiger partial charge < -0.3 is 0 Å². The molecule has 0 bridgehead atoms. The van der Waals surface area contributed by atoms with Crippen LogP contribution in [0.4, 0.5) is 0 Å². The second-order valence-corrected chi connectivity index (χ2v) is 5.04. The average Bonchev–Trinajstić information content (AvgIpc) is 2.79. The highest BCUT2D eigenvalue weighted by molar-refractivity contribution is 9.10. The van der Waals surface area contributed by atoms with E-state index in [4.69, 9.17) is 11.6 Å². The van der Waals surface area contributed by atoms with Gasteiger partial charge in [0.15, 0.2) is 5.78 Å². The molecule has 0 unspecified atom stereocenters. The van der Waals surface area contributed by atoms with Crippen LogP contribution >= 0.6 is 27.5 Å². The van der Waals surface area contributed by atoms with Crippen molar-refractivity contribution in [1.82, 2.24) is 14.8 Å². The van der Waals surface area contributed by atoms with Crippen molar-refractivity contribution < 1.29 is 4.79 Å². The smallest absolute Gasteiger partial charge is 0.171 e. The maximum absolute atomic E-state index is 12.2. The Labute approximate surface area is 118 Å². The fourth-order valence-corrected chi connectivity index (χ4v) is 2.22. The molecule has 0 N–H and O–H groups in total. The summed E-state index contributed by atoms with van der Waals surface area (Å²) in [5, 5.41) is 4.48. The number of nitrogens with zero attached hydrogens (tertiary/aromatic N) is 3. The van der Waals surface area contributed by atoms with Gasteiger partial charge in [0.2, 0.25) is 0 Å². The first-order valence-corrected chi connectivity index (χ1v) is 6.64. The molecule has 4 nitrogen and oxygen atoms in total. The minimum absolute atomic E-state index is 0.0657. The number of aryl methyl sites for hydroxylation is 1. The third-order valence-corrected chi connectivity index (χ3v) is 3.37. The molecule has 0 aliphatic heterocycles. The highest BCUT2D eigenvalue weighted by Crippen LogP contribution is 2.22. The molecule has 0 saturated heterocycles. The quantitative estimate of drug-likeness (QED) is 0.810. The number of carbonyl (C=O) groups is 1. The van der Waals surface area contributed by atoms with Gasteiger partial charge in [0, 0.05) is 16.6 Å². The molecule has 94 valence electrons. The molecule has 1 heterocycles. The van der Waals surface area contributed by atoms with Crippen LogP contribution in [0.5, 0.6) is 0 Å². The van der Waals surface area contributed by atoms with E-state index in [9.17, 15) is 4.79 Å². The van der Waals surface area contributed by atoms with Gasteiger partial charge in [-0.25, -0.2) is 9.67 Å². The van der Waals surface area contributed by atoms with Crippen LogP contribution in [-0.2, 0) is 13.0 Å². The first-order valence-electron chi connectivity index (χ1n) is 5.46. The Morgan fingerprint density at radius 3 is 3.00 bits per heavy atom. The molecular weight excluding hydrogens is 318 g/mol. The van der Waals surface area contributed by atoms with Crippen LogP contribution in [0.15, 0.2) is 29.0 Å².